The molecule has 30 heavy (non-hydrogen) atoms. The van der Waals surface area contributed by atoms with Crippen molar-refractivity contribution in [3.8, 4) is 0 Å². The highest BCUT2D eigenvalue weighted by Gasteiger charge is 2.03. The van der Waals surface area contributed by atoms with Crippen molar-refractivity contribution in [3.63, 3.8) is 0 Å². The lowest BCUT2D eigenvalue weighted by molar-refractivity contribution is -0.384. The molecule has 6 nitrogen and oxygen atoms in total. The summed E-state index contributed by atoms with van der Waals surface area (Å²) in [6, 6.07) is 6.30. The van der Waals surface area contributed by atoms with Crippen molar-refractivity contribution >= 4 is 17.2 Å². The van der Waals surface area contributed by atoms with Gasteiger partial charge in [0.05, 0.1) is 10.6 Å². The molecule has 0 amide bonds. The molecule has 0 heterocycles. The zero-order chi connectivity index (χ0) is 21.9. The van der Waals surface area contributed by atoms with E-state index in [2.05, 4.69) is 22.8 Å². The number of hydrogen-bond donors (Lipinski definition) is 2. The molecule has 0 fully saturated rings. The Morgan fingerprint density at radius 2 is 1.30 bits per heavy atom. The van der Waals surface area contributed by atoms with Crippen LogP contribution in [0.5, 0.6) is 0 Å². The van der Waals surface area contributed by atoms with Crippen molar-refractivity contribution in [2.75, 3.05) is 12.0 Å². The Balaban J connectivity index is 1.91. The molecule has 1 rings (SSSR count). The lowest BCUT2D eigenvalue weighted by Gasteiger charge is -2.09. The topological polar surface area (TPSA) is 79.6 Å². The Morgan fingerprint density at radius 1 is 0.833 bits per heavy atom. The van der Waals surface area contributed by atoms with Crippen molar-refractivity contribution in [2.45, 2.75) is 104 Å². The van der Waals surface area contributed by atoms with Gasteiger partial charge in [0.25, 0.3) is 5.69 Å². The van der Waals surface area contributed by atoms with Gasteiger partial charge < -0.3 is 0 Å². The number of rotatable bonds is 18. The van der Waals surface area contributed by atoms with Crippen LogP contribution in [0.15, 0.2) is 29.3 Å². The summed E-state index contributed by atoms with van der Waals surface area (Å²) >= 11 is 0. The molecule has 0 saturated carbocycles. The molecule has 0 saturated heterocycles. The highest BCUT2D eigenvalue weighted by Crippen LogP contribution is 2.15. The Kier molecular flexibility index (Phi) is 15.3. The predicted molar refractivity (Wildman–Crippen MR) is 128 cm³/mol. The van der Waals surface area contributed by atoms with E-state index in [9.17, 15) is 10.1 Å². The van der Waals surface area contributed by atoms with Crippen molar-refractivity contribution in [3.05, 3.63) is 34.4 Å². The van der Waals surface area contributed by atoms with Crippen molar-refractivity contribution in [1.29, 1.82) is 0 Å². The van der Waals surface area contributed by atoms with Gasteiger partial charge >= 0.3 is 0 Å². The van der Waals surface area contributed by atoms with Crippen LogP contribution in [0.1, 0.15) is 104 Å². The van der Waals surface area contributed by atoms with Crippen LogP contribution in [0.4, 0.5) is 11.4 Å². The Labute approximate surface area is 183 Å². The molecule has 1 aromatic carbocycles. The van der Waals surface area contributed by atoms with Gasteiger partial charge in [0.2, 0.25) is 0 Å². The van der Waals surface area contributed by atoms with Gasteiger partial charge in [-0.15, -0.1) is 0 Å². The lowest BCUT2D eigenvalue weighted by Crippen LogP contribution is -2.27. The maximum absolute atomic E-state index is 10.6. The van der Waals surface area contributed by atoms with Crippen molar-refractivity contribution in [2.24, 2.45) is 4.99 Å². The largest absolute Gasteiger partial charge is 0.300 e. The molecule has 0 unspecified atom stereocenters. The molecule has 1 aromatic rings. The number of hydrazine groups is 1. The van der Waals surface area contributed by atoms with Gasteiger partial charge in [0.1, 0.15) is 5.84 Å². The number of aliphatic imine (C=N–C) groups is 1. The van der Waals surface area contributed by atoms with Gasteiger partial charge in [-0.3, -0.25) is 26.0 Å². The zero-order valence-electron chi connectivity index (χ0n) is 19.1. The van der Waals surface area contributed by atoms with Gasteiger partial charge in [-0.1, -0.05) is 90.4 Å². The summed E-state index contributed by atoms with van der Waals surface area (Å²) in [5, 5.41) is 10.6. The minimum Gasteiger partial charge on any atom is -0.300 e. The molecule has 170 valence electrons. The first-order valence-corrected chi connectivity index (χ1v) is 11.9. The average molecular weight is 419 g/mol. The van der Waals surface area contributed by atoms with Crippen LogP contribution >= 0.6 is 0 Å². The highest BCUT2D eigenvalue weighted by molar-refractivity contribution is 5.80. The normalized spacial score (nSPS) is 11.5. The summed E-state index contributed by atoms with van der Waals surface area (Å²) in [4.78, 5) is 14.8. The van der Waals surface area contributed by atoms with E-state index in [0.717, 1.165) is 24.5 Å². The summed E-state index contributed by atoms with van der Waals surface area (Å²) in [7, 11) is 0. The fourth-order valence-corrected chi connectivity index (χ4v) is 3.42. The summed E-state index contributed by atoms with van der Waals surface area (Å²) in [5.41, 5.74) is 6.89. The molecule has 0 aromatic heterocycles. The van der Waals surface area contributed by atoms with Crippen LogP contribution in [-0.2, 0) is 0 Å². The number of nitrogens with one attached hydrogen (secondary N) is 2. The van der Waals surface area contributed by atoms with E-state index in [-0.39, 0.29) is 5.69 Å². The molecule has 0 bridgehead atoms. The van der Waals surface area contributed by atoms with Crippen LogP contribution in [0.2, 0.25) is 0 Å². The predicted octanol–water partition coefficient (Wildman–Crippen LogP) is 7.41. The van der Waals surface area contributed by atoms with E-state index in [0.29, 0.717) is 0 Å². The van der Waals surface area contributed by atoms with Crippen LogP contribution < -0.4 is 10.9 Å². The Bertz CT molecular complexity index is 587. The first-order valence-electron chi connectivity index (χ1n) is 11.9. The lowest BCUT2D eigenvalue weighted by atomic mass is 10.0. The maximum Gasteiger partial charge on any atom is 0.269 e. The second-order valence-corrected chi connectivity index (χ2v) is 8.12. The zero-order valence-corrected chi connectivity index (χ0v) is 19.1. The monoisotopic (exact) mass is 418 g/mol. The summed E-state index contributed by atoms with van der Waals surface area (Å²) in [6.45, 7) is 5.02. The minimum atomic E-state index is -0.402. The summed E-state index contributed by atoms with van der Waals surface area (Å²) in [5.74, 6) is 0.822. The molecule has 0 aliphatic carbocycles. The molecule has 0 spiro atoms. The number of anilines is 1. The molecular formula is C24H42N4O2. The summed E-state index contributed by atoms with van der Waals surface area (Å²) in [6.07, 6.45) is 19.1. The van der Waals surface area contributed by atoms with Gasteiger partial charge in [-0.2, -0.15) is 0 Å². The fourth-order valence-electron chi connectivity index (χ4n) is 3.42. The second kappa shape index (κ2) is 17.7. The maximum atomic E-state index is 10.6. The SMILES string of the molecule is CCCCCCCCCCCCCCCCN=C(C)NNc1ccc([N+](=O)[O-])cc1. The van der Waals surface area contributed by atoms with Crippen molar-refractivity contribution in [1.82, 2.24) is 5.43 Å². The van der Waals surface area contributed by atoms with E-state index >= 15 is 0 Å². The van der Waals surface area contributed by atoms with Crippen molar-refractivity contribution < 1.29 is 4.92 Å². The van der Waals surface area contributed by atoms with Gasteiger partial charge in [0.15, 0.2) is 0 Å². The molecule has 6 heteroatoms. The third-order valence-corrected chi connectivity index (χ3v) is 5.33. The Morgan fingerprint density at radius 3 is 1.77 bits per heavy atom. The standard InChI is InChI=1S/C24H42N4O2/c1-3-4-5-6-7-8-9-10-11-12-13-14-15-16-21-25-22(2)26-27-23-17-19-24(20-18-23)28(29)30/h17-20,27H,3-16,21H2,1-2H3,(H,25,26). The average Bonchev–Trinajstić information content (AvgIpc) is 2.75. The number of non-ortho nitro benzene ring substituents is 1. The number of nitro benzene ring substituents is 1. The second-order valence-electron chi connectivity index (χ2n) is 8.12. The molecule has 0 aliphatic heterocycles. The number of benzene rings is 1. The number of hydrogen-bond acceptors (Lipinski definition) is 4. The first-order chi connectivity index (χ1) is 14.6. The fraction of sp³-hybridized carbons (Fsp3) is 0.708. The number of nitrogens with zero attached hydrogens (tertiary/aromatic N) is 2. The van der Waals surface area contributed by atoms with E-state index < -0.39 is 4.92 Å². The first kappa shape index (κ1) is 25.9. The minimum absolute atomic E-state index is 0.0868. The Hall–Kier alpha value is -2.11. The number of unbranched alkanes of at least 4 members (excludes halogenated alkanes) is 13. The third kappa shape index (κ3) is 14.0. The quantitative estimate of drug-likeness (QED) is 0.0855. The van der Waals surface area contributed by atoms with E-state index in [4.69, 9.17) is 0 Å². The molecule has 0 atom stereocenters. The van der Waals surface area contributed by atoms with Crippen LogP contribution in [-0.4, -0.2) is 17.3 Å². The van der Waals surface area contributed by atoms with Gasteiger partial charge in [-0.05, 0) is 25.5 Å². The van der Waals surface area contributed by atoms with Crippen LogP contribution in [0.3, 0.4) is 0 Å². The van der Waals surface area contributed by atoms with Gasteiger partial charge in [0, 0.05) is 18.7 Å². The van der Waals surface area contributed by atoms with E-state index in [1.807, 2.05) is 6.92 Å². The number of nitro groups is 1. The summed E-state index contributed by atoms with van der Waals surface area (Å²) < 4.78 is 0. The number of amidine groups is 1. The smallest absolute Gasteiger partial charge is 0.269 e. The van der Waals surface area contributed by atoms with Crippen LogP contribution in [0, 0.1) is 10.1 Å². The van der Waals surface area contributed by atoms with Gasteiger partial charge in [-0.25, -0.2) is 0 Å². The molecular weight excluding hydrogens is 376 g/mol. The molecule has 0 radical (unpaired) electrons. The highest BCUT2D eigenvalue weighted by atomic mass is 16.6. The van der Waals surface area contributed by atoms with Crippen LogP contribution in [0.25, 0.3) is 0 Å². The third-order valence-electron chi connectivity index (χ3n) is 5.33. The molecule has 2 N–H and O–H groups in total. The van der Waals surface area contributed by atoms with E-state index in [1.54, 1.807) is 12.1 Å². The molecule has 0 aliphatic rings. The van der Waals surface area contributed by atoms with E-state index in [1.165, 1.54) is 95.6 Å².